The van der Waals surface area contributed by atoms with Gasteiger partial charge in [0.15, 0.2) is 5.82 Å². The predicted octanol–water partition coefficient (Wildman–Crippen LogP) is 2.05. The Morgan fingerprint density at radius 1 is 1.53 bits per heavy atom. The first kappa shape index (κ1) is 14.1. The third kappa shape index (κ3) is 4.35. The van der Waals surface area contributed by atoms with Crippen LogP contribution in [0.1, 0.15) is 39.2 Å². The van der Waals surface area contributed by atoms with Crippen LogP contribution in [-0.4, -0.2) is 29.3 Å². The summed E-state index contributed by atoms with van der Waals surface area (Å²) < 4.78 is 7.27. The van der Waals surface area contributed by atoms with Gasteiger partial charge in [-0.2, -0.15) is 0 Å². The molecule has 0 bridgehead atoms. The molecule has 5 heteroatoms. The monoisotopic (exact) mass is 265 g/mol. The van der Waals surface area contributed by atoms with Crippen molar-refractivity contribution in [3.63, 3.8) is 0 Å². The molecule has 1 aliphatic carbocycles. The highest BCUT2D eigenvalue weighted by molar-refractivity contribution is 5.30. The van der Waals surface area contributed by atoms with Crippen LogP contribution in [-0.2, 0) is 4.74 Å². The third-order valence-electron chi connectivity index (χ3n) is 3.02. The van der Waals surface area contributed by atoms with Crippen molar-refractivity contribution < 1.29 is 4.74 Å². The second-order valence-corrected chi connectivity index (χ2v) is 5.47. The lowest BCUT2D eigenvalue weighted by Gasteiger charge is -2.09. The summed E-state index contributed by atoms with van der Waals surface area (Å²) >= 11 is 0. The fraction of sp³-hybridized carbons (Fsp3) is 0.714. The Balaban J connectivity index is 1.74. The van der Waals surface area contributed by atoms with E-state index in [2.05, 4.69) is 24.1 Å². The van der Waals surface area contributed by atoms with Gasteiger partial charge >= 0.3 is 0 Å². The normalized spacial score (nSPS) is 14.9. The molecule has 1 aromatic rings. The van der Waals surface area contributed by atoms with Crippen LogP contribution in [0.3, 0.4) is 0 Å². The molecule has 0 amide bonds. The number of aromatic nitrogens is 2. The summed E-state index contributed by atoms with van der Waals surface area (Å²) in [6.45, 7) is 6.49. The zero-order valence-corrected chi connectivity index (χ0v) is 11.8. The molecule has 0 unspecified atom stereocenters. The molecular formula is C14H23N3O2. The number of hydrogen-bond acceptors (Lipinski definition) is 4. The van der Waals surface area contributed by atoms with E-state index < -0.39 is 0 Å². The average Bonchev–Trinajstić information content (AvgIpc) is 3.19. The van der Waals surface area contributed by atoms with Crippen LogP contribution >= 0.6 is 0 Å². The SMILES string of the molecule is CC(C)COCCCNc1nccn(C2CC2)c1=O. The highest BCUT2D eigenvalue weighted by Gasteiger charge is 2.25. The smallest absolute Gasteiger partial charge is 0.293 e. The zero-order valence-electron chi connectivity index (χ0n) is 11.8. The molecule has 1 N–H and O–H groups in total. The molecule has 1 aromatic heterocycles. The van der Waals surface area contributed by atoms with Gasteiger partial charge in [-0.15, -0.1) is 0 Å². The van der Waals surface area contributed by atoms with Crippen LogP contribution in [0.25, 0.3) is 0 Å². The number of rotatable bonds is 8. The lowest BCUT2D eigenvalue weighted by molar-refractivity contribution is 0.110. The van der Waals surface area contributed by atoms with Crippen molar-refractivity contribution in [2.75, 3.05) is 25.1 Å². The molecule has 5 nitrogen and oxygen atoms in total. The van der Waals surface area contributed by atoms with Crippen molar-refractivity contribution in [1.29, 1.82) is 0 Å². The Kier molecular flexibility index (Phi) is 4.96. The minimum absolute atomic E-state index is 0.00639. The number of nitrogens with one attached hydrogen (secondary N) is 1. The molecule has 1 saturated carbocycles. The van der Waals surface area contributed by atoms with Gasteiger partial charge in [-0.25, -0.2) is 4.98 Å². The summed E-state index contributed by atoms with van der Waals surface area (Å²) in [5.41, 5.74) is -0.00639. The second-order valence-electron chi connectivity index (χ2n) is 5.47. The zero-order chi connectivity index (χ0) is 13.7. The van der Waals surface area contributed by atoms with Crippen LogP contribution in [0.2, 0.25) is 0 Å². The van der Waals surface area contributed by atoms with E-state index in [-0.39, 0.29) is 5.56 Å². The van der Waals surface area contributed by atoms with E-state index in [0.717, 1.165) is 39.0 Å². The lowest BCUT2D eigenvalue weighted by atomic mass is 10.2. The molecule has 19 heavy (non-hydrogen) atoms. The molecule has 0 radical (unpaired) electrons. The fourth-order valence-corrected chi connectivity index (χ4v) is 1.89. The minimum atomic E-state index is -0.00639. The van der Waals surface area contributed by atoms with Gasteiger partial charge in [0.2, 0.25) is 0 Å². The van der Waals surface area contributed by atoms with E-state index in [1.165, 1.54) is 0 Å². The molecule has 2 rings (SSSR count). The van der Waals surface area contributed by atoms with Gasteiger partial charge in [0.1, 0.15) is 0 Å². The summed E-state index contributed by atoms with van der Waals surface area (Å²) in [6, 6.07) is 0.394. The fourth-order valence-electron chi connectivity index (χ4n) is 1.89. The second kappa shape index (κ2) is 6.70. The summed E-state index contributed by atoms with van der Waals surface area (Å²) in [4.78, 5) is 16.2. The van der Waals surface area contributed by atoms with Crippen molar-refractivity contribution in [2.24, 2.45) is 5.92 Å². The molecule has 1 fully saturated rings. The molecule has 0 spiro atoms. The molecular weight excluding hydrogens is 242 g/mol. The van der Waals surface area contributed by atoms with Gasteiger partial charge in [0.05, 0.1) is 0 Å². The first-order valence-electron chi connectivity index (χ1n) is 7.07. The number of nitrogens with zero attached hydrogens (tertiary/aromatic N) is 2. The van der Waals surface area contributed by atoms with Crippen LogP contribution in [0.5, 0.6) is 0 Å². The minimum Gasteiger partial charge on any atom is -0.381 e. The van der Waals surface area contributed by atoms with Crippen LogP contribution < -0.4 is 10.9 Å². The molecule has 0 aliphatic heterocycles. The Morgan fingerprint density at radius 3 is 3.00 bits per heavy atom. The van der Waals surface area contributed by atoms with Gasteiger partial charge in [-0.3, -0.25) is 4.79 Å². The number of anilines is 1. The Morgan fingerprint density at radius 2 is 2.32 bits per heavy atom. The maximum absolute atomic E-state index is 12.1. The van der Waals surface area contributed by atoms with E-state index >= 15 is 0 Å². The number of hydrogen-bond donors (Lipinski definition) is 1. The lowest BCUT2D eigenvalue weighted by Crippen LogP contribution is -2.24. The third-order valence-corrected chi connectivity index (χ3v) is 3.02. The van der Waals surface area contributed by atoms with E-state index in [0.29, 0.717) is 17.8 Å². The van der Waals surface area contributed by atoms with E-state index in [1.54, 1.807) is 17.0 Å². The van der Waals surface area contributed by atoms with E-state index in [4.69, 9.17) is 4.74 Å². The van der Waals surface area contributed by atoms with Crippen molar-refractivity contribution in [1.82, 2.24) is 9.55 Å². The van der Waals surface area contributed by atoms with Crippen molar-refractivity contribution in [2.45, 2.75) is 39.2 Å². The van der Waals surface area contributed by atoms with Crippen LogP contribution in [0.4, 0.5) is 5.82 Å². The maximum atomic E-state index is 12.1. The topological polar surface area (TPSA) is 56.1 Å². The van der Waals surface area contributed by atoms with Gasteiger partial charge < -0.3 is 14.6 Å². The van der Waals surface area contributed by atoms with Crippen molar-refractivity contribution >= 4 is 5.82 Å². The first-order valence-corrected chi connectivity index (χ1v) is 7.07. The quantitative estimate of drug-likeness (QED) is 0.731. The Hall–Kier alpha value is -1.36. The summed E-state index contributed by atoms with van der Waals surface area (Å²) in [5.74, 6) is 1.02. The molecule has 0 aromatic carbocycles. The van der Waals surface area contributed by atoms with Crippen LogP contribution in [0, 0.1) is 5.92 Å². The molecule has 1 aliphatic rings. The van der Waals surface area contributed by atoms with E-state index in [9.17, 15) is 4.79 Å². The standard InChI is InChI=1S/C14H23N3O2/c1-11(2)10-19-9-3-6-15-13-14(18)17(8-7-16-13)12-4-5-12/h7-8,11-12H,3-6,9-10H2,1-2H3,(H,15,16). The van der Waals surface area contributed by atoms with Gasteiger partial charge in [0, 0.05) is 38.2 Å². The van der Waals surface area contributed by atoms with Crippen molar-refractivity contribution in [3.05, 3.63) is 22.7 Å². The highest BCUT2D eigenvalue weighted by Crippen LogP contribution is 2.33. The average molecular weight is 265 g/mol. The van der Waals surface area contributed by atoms with Crippen LogP contribution in [0.15, 0.2) is 17.2 Å². The molecule has 106 valence electrons. The Labute approximate surface area is 114 Å². The highest BCUT2D eigenvalue weighted by atomic mass is 16.5. The summed E-state index contributed by atoms with van der Waals surface area (Å²) in [6.07, 6.45) is 6.55. The van der Waals surface area contributed by atoms with Gasteiger partial charge in [-0.1, -0.05) is 13.8 Å². The first-order chi connectivity index (χ1) is 9.18. The number of ether oxygens (including phenoxy) is 1. The predicted molar refractivity (Wildman–Crippen MR) is 75.5 cm³/mol. The van der Waals surface area contributed by atoms with E-state index in [1.807, 2.05) is 0 Å². The van der Waals surface area contributed by atoms with Crippen molar-refractivity contribution in [3.8, 4) is 0 Å². The van der Waals surface area contributed by atoms with Gasteiger partial charge in [-0.05, 0) is 25.2 Å². The summed E-state index contributed by atoms with van der Waals surface area (Å²) in [7, 11) is 0. The summed E-state index contributed by atoms with van der Waals surface area (Å²) in [5, 5.41) is 3.10. The maximum Gasteiger partial charge on any atom is 0.293 e. The molecule has 0 saturated heterocycles. The largest absolute Gasteiger partial charge is 0.381 e. The molecule has 1 heterocycles. The Bertz CT molecular complexity index is 452. The molecule has 0 atom stereocenters. The van der Waals surface area contributed by atoms with Gasteiger partial charge in [0.25, 0.3) is 5.56 Å².